The van der Waals surface area contributed by atoms with Crippen LogP contribution in [-0.4, -0.2) is 11.2 Å². The van der Waals surface area contributed by atoms with Gasteiger partial charge in [-0.15, -0.1) is 0 Å². The molecule has 7 heavy (non-hydrogen) atoms. The monoisotopic (exact) mass is 101 g/mol. The molecule has 0 fully saturated rings. The van der Waals surface area contributed by atoms with Crippen LogP contribution >= 0.6 is 0 Å². The topological polar surface area (TPSA) is 20.2 Å². The van der Waals surface area contributed by atoms with E-state index in [2.05, 4.69) is 6.92 Å². The first-order valence-corrected chi connectivity index (χ1v) is 2.69. The first-order chi connectivity index (χ1) is 3.18. The maximum Gasteiger partial charge on any atom is 0.0566 e. The van der Waals surface area contributed by atoms with Crippen LogP contribution in [0.1, 0.15) is 20.3 Å². The van der Waals surface area contributed by atoms with Crippen molar-refractivity contribution in [3.63, 3.8) is 0 Å². The van der Waals surface area contributed by atoms with E-state index in [0.29, 0.717) is 5.92 Å². The molecule has 0 heterocycles. The van der Waals surface area contributed by atoms with Crippen molar-refractivity contribution in [2.75, 3.05) is 0 Å². The molecule has 0 saturated carbocycles. The Kier molecular flexibility index (Phi) is 3.01. The van der Waals surface area contributed by atoms with Crippen molar-refractivity contribution in [3.05, 3.63) is 6.92 Å². The first-order valence-electron chi connectivity index (χ1n) is 2.69. The molecule has 0 aliphatic rings. The maximum absolute atomic E-state index is 8.71. The zero-order valence-electron chi connectivity index (χ0n) is 5.02. The van der Waals surface area contributed by atoms with E-state index < -0.39 is 0 Å². The largest absolute Gasteiger partial charge is 0.393 e. The lowest BCUT2D eigenvalue weighted by atomic mass is 10.0. The molecule has 2 atom stereocenters. The molecule has 1 N–H and O–H groups in total. The summed E-state index contributed by atoms with van der Waals surface area (Å²) in [6.07, 6.45) is 0.620. The van der Waals surface area contributed by atoms with Gasteiger partial charge < -0.3 is 5.11 Å². The van der Waals surface area contributed by atoms with Gasteiger partial charge in [0.1, 0.15) is 0 Å². The van der Waals surface area contributed by atoms with Crippen LogP contribution in [0.25, 0.3) is 0 Å². The van der Waals surface area contributed by atoms with E-state index in [1.807, 2.05) is 13.8 Å². The van der Waals surface area contributed by atoms with Crippen LogP contribution in [0.3, 0.4) is 0 Å². The van der Waals surface area contributed by atoms with Crippen LogP contribution in [0.5, 0.6) is 0 Å². The number of hydrogen-bond donors (Lipinski definition) is 1. The molecule has 0 aromatic heterocycles. The summed E-state index contributed by atoms with van der Waals surface area (Å²) in [6.45, 7) is 7.49. The summed E-state index contributed by atoms with van der Waals surface area (Å²) in [5, 5.41) is 8.71. The molecular formula is C6H13O. The van der Waals surface area contributed by atoms with Crippen molar-refractivity contribution in [2.24, 2.45) is 5.92 Å². The molecule has 0 rings (SSSR count). The quantitative estimate of drug-likeness (QED) is 0.554. The Balaban J connectivity index is 3.14. The molecule has 0 aromatic carbocycles. The minimum absolute atomic E-state index is 0.347. The minimum atomic E-state index is -0.384. The van der Waals surface area contributed by atoms with Gasteiger partial charge in [-0.25, -0.2) is 0 Å². The van der Waals surface area contributed by atoms with Gasteiger partial charge in [-0.3, -0.25) is 0 Å². The van der Waals surface area contributed by atoms with E-state index in [-0.39, 0.29) is 6.10 Å². The molecule has 1 radical (unpaired) electrons. The van der Waals surface area contributed by atoms with Gasteiger partial charge in [0, 0.05) is 0 Å². The molecule has 1 heteroatoms. The van der Waals surface area contributed by atoms with Gasteiger partial charge >= 0.3 is 0 Å². The second-order valence-electron chi connectivity index (χ2n) is 1.95. The summed E-state index contributed by atoms with van der Waals surface area (Å²) in [7, 11) is 0. The molecule has 0 saturated heterocycles. The van der Waals surface area contributed by atoms with E-state index in [1.54, 1.807) is 0 Å². The third kappa shape index (κ3) is 2.63. The van der Waals surface area contributed by atoms with Gasteiger partial charge in [0.05, 0.1) is 6.10 Å². The van der Waals surface area contributed by atoms with Gasteiger partial charge in [-0.05, 0) is 12.8 Å². The third-order valence-electron chi connectivity index (χ3n) is 1.30. The summed E-state index contributed by atoms with van der Waals surface area (Å²) < 4.78 is 0. The molecule has 43 valence electrons. The average molecular weight is 101 g/mol. The van der Waals surface area contributed by atoms with E-state index in [4.69, 9.17) is 5.11 Å². The van der Waals surface area contributed by atoms with Gasteiger partial charge in [0.15, 0.2) is 0 Å². The molecule has 0 bridgehead atoms. The van der Waals surface area contributed by atoms with E-state index in [0.717, 1.165) is 6.42 Å². The second kappa shape index (κ2) is 3.03. The SMILES string of the molecule is [CH2]C(O)C(C)CC. The molecular weight excluding hydrogens is 88.1 g/mol. The molecule has 2 unspecified atom stereocenters. The van der Waals surface area contributed by atoms with Crippen molar-refractivity contribution in [1.82, 2.24) is 0 Å². The number of rotatable bonds is 2. The highest BCUT2D eigenvalue weighted by Crippen LogP contribution is 2.04. The Morgan fingerprint density at radius 1 is 1.71 bits per heavy atom. The van der Waals surface area contributed by atoms with Crippen LogP contribution in [0.4, 0.5) is 0 Å². The van der Waals surface area contributed by atoms with Crippen LogP contribution in [0, 0.1) is 12.8 Å². The predicted octanol–water partition coefficient (Wildman–Crippen LogP) is 1.23. The molecule has 0 aromatic rings. The highest BCUT2D eigenvalue weighted by atomic mass is 16.3. The highest BCUT2D eigenvalue weighted by Gasteiger charge is 2.03. The fourth-order valence-corrected chi connectivity index (χ4v) is 0.272. The Morgan fingerprint density at radius 3 is 2.14 bits per heavy atom. The van der Waals surface area contributed by atoms with Crippen molar-refractivity contribution in [3.8, 4) is 0 Å². The Morgan fingerprint density at radius 2 is 2.14 bits per heavy atom. The summed E-state index contributed by atoms with van der Waals surface area (Å²) >= 11 is 0. The summed E-state index contributed by atoms with van der Waals surface area (Å²) in [4.78, 5) is 0. The van der Waals surface area contributed by atoms with Gasteiger partial charge in [0.2, 0.25) is 0 Å². The van der Waals surface area contributed by atoms with Crippen molar-refractivity contribution in [2.45, 2.75) is 26.4 Å². The minimum Gasteiger partial charge on any atom is -0.393 e. The average Bonchev–Trinajstić information content (AvgIpc) is 1.65. The zero-order valence-corrected chi connectivity index (χ0v) is 5.02. The lowest BCUT2D eigenvalue weighted by Crippen LogP contribution is -2.11. The molecule has 0 spiro atoms. The van der Waals surface area contributed by atoms with Gasteiger partial charge in [-0.1, -0.05) is 20.3 Å². The lowest BCUT2D eigenvalue weighted by molar-refractivity contribution is 0.157. The Hall–Kier alpha value is -0.0400. The molecule has 1 nitrogen and oxygen atoms in total. The van der Waals surface area contributed by atoms with Gasteiger partial charge in [0.25, 0.3) is 0 Å². The third-order valence-corrected chi connectivity index (χ3v) is 1.30. The summed E-state index contributed by atoms with van der Waals surface area (Å²) in [5.74, 6) is 0.347. The standard InChI is InChI=1S/C6H13O/c1-4-5(2)6(3)7/h5-7H,3-4H2,1-2H3. The fourth-order valence-electron chi connectivity index (χ4n) is 0.272. The van der Waals surface area contributed by atoms with Crippen molar-refractivity contribution >= 4 is 0 Å². The van der Waals surface area contributed by atoms with Crippen molar-refractivity contribution in [1.29, 1.82) is 0 Å². The Labute approximate surface area is 45.4 Å². The number of hydrogen-bond acceptors (Lipinski definition) is 1. The van der Waals surface area contributed by atoms with Crippen LogP contribution in [0.15, 0.2) is 0 Å². The second-order valence-corrected chi connectivity index (χ2v) is 1.95. The van der Waals surface area contributed by atoms with Crippen molar-refractivity contribution < 1.29 is 5.11 Å². The summed E-state index contributed by atoms with van der Waals surface area (Å²) in [5.41, 5.74) is 0. The zero-order chi connectivity index (χ0) is 5.86. The van der Waals surface area contributed by atoms with E-state index >= 15 is 0 Å². The maximum atomic E-state index is 8.71. The molecule has 0 aliphatic heterocycles. The van der Waals surface area contributed by atoms with E-state index in [9.17, 15) is 0 Å². The first kappa shape index (κ1) is 6.96. The Bertz CT molecular complexity index is 41.4. The molecule has 0 amide bonds. The lowest BCUT2D eigenvalue weighted by Gasteiger charge is -2.09. The smallest absolute Gasteiger partial charge is 0.0566 e. The highest BCUT2D eigenvalue weighted by molar-refractivity contribution is 4.62. The normalized spacial score (nSPS) is 18.9. The van der Waals surface area contributed by atoms with Crippen LogP contribution in [-0.2, 0) is 0 Å². The summed E-state index contributed by atoms with van der Waals surface area (Å²) in [6, 6.07) is 0. The predicted molar refractivity (Wildman–Crippen MR) is 30.8 cm³/mol. The van der Waals surface area contributed by atoms with Gasteiger partial charge in [-0.2, -0.15) is 0 Å². The number of aliphatic hydroxyl groups excluding tert-OH is 1. The number of aliphatic hydroxyl groups is 1. The molecule has 0 aliphatic carbocycles. The van der Waals surface area contributed by atoms with E-state index in [1.165, 1.54) is 0 Å². The fraction of sp³-hybridized carbons (Fsp3) is 0.833. The van der Waals surface area contributed by atoms with Crippen LogP contribution in [0.2, 0.25) is 0 Å². The van der Waals surface area contributed by atoms with Crippen LogP contribution < -0.4 is 0 Å².